The molecule has 0 unspecified atom stereocenters. The van der Waals surface area contributed by atoms with Gasteiger partial charge in [0.05, 0.1) is 19.3 Å². The minimum atomic E-state index is -3.65. The summed E-state index contributed by atoms with van der Waals surface area (Å²) in [5, 5.41) is 18.4. The average molecular weight is 288 g/mol. The fraction of sp³-hybridized carbons (Fsp3) is 0.500. The summed E-state index contributed by atoms with van der Waals surface area (Å²) >= 11 is 0. The van der Waals surface area contributed by atoms with Crippen LogP contribution in [-0.2, 0) is 4.74 Å². The van der Waals surface area contributed by atoms with E-state index < -0.39 is 36.5 Å². The Hall–Kier alpha value is -1.91. The molecule has 0 aromatic carbocycles. The summed E-state index contributed by atoms with van der Waals surface area (Å²) in [4.78, 5) is 21.2. The third-order valence-corrected chi connectivity index (χ3v) is 3.18. The van der Waals surface area contributed by atoms with E-state index in [9.17, 15) is 18.7 Å². The van der Waals surface area contributed by atoms with Crippen LogP contribution in [0, 0.1) is 0 Å². The highest BCUT2D eigenvalue weighted by molar-refractivity contribution is 5.68. The summed E-state index contributed by atoms with van der Waals surface area (Å²) in [6.45, 7) is -0.756. The predicted molar refractivity (Wildman–Crippen MR) is 60.1 cm³/mol. The molecule has 2 aromatic rings. The second-order valence-electron chi connectivity index (χ2n) is 4.38. The van der Waals surface area contributed by atoms with Crippen molar-refractivity contribution >= 4 is 11.2 Å². The molecule has 3 rings (SSSR count). The Balaban J connectivity index is 2.12. The zero-order valence-electron chi connectivity index (χ0n) is 9.90. The van der Waals surface area contributed by atoms with Crippen molar-refractivity contribution in [3.63, 3.8) is 0 Å². The SMILES string of the molecule is O=c1[nH]cnc2c1ncn2[C@H]1O[C@@H](CO)[C@H](O)C1(F)F. The first-order valence-electron chi connectivity index (χ1n) is 5.69. The van der Waals surface area contributed by atoms with Gasteiger partial charge in [-0.05, 0) is 0 Å². The van der Waals surface area contributed by atoms with Crippen molar-refractivity contribution in [1.29, 1.82) is 0 Å². The van der Waals surface area contributed by atoms with Crippen LogP contribution in [0.4, 0.5) is 8.78 Å². The standard InChI is InChI=1S/C10H10F2N4O4/c11-10(12)6(18)4(1-17)20-9(10)16-3-15-5-7(16)13-2-14-8(5)19/h2-4,6,9,17-18H,1H2,(H,13,14,19)/t4-,6-,9-/m0/s1. The van der Waals surface area contributed by atoms with E-state index in [4.69, 9.17) is 9.84 Å². The highest BCUT2D eigenvalue weighted by Gasteiger charge is 2.59. The summed E-state index contributed by atoms with van der Waals surface area (Å²) < 4.78 is 33.8. The number of aromatic amines is 1. The quantitative estimate of drug-likeness (QED) is 0.653. The van der Waals surface area contributed by atoms with Crippen LogP contribution in [0.2, 0.25) is 0 Å². The molecule has 0 saturated carbocycles. The van der Waals surface area contributed by atoms with Crippen molar-refractivity contribution in [3.8, 4) is 0 Å². The molecule has 0 spiro atoms. The Kier molecular flexibility index (Phi) is 2.81. The third kappa shape index (κ3) is 1.65. The normalized spacial score (nSPS) is 29.1. The first-order valence-corrected chi connectivity index (χ1v) is 5.69. The van der Waals surface area contributed by atoms with E-state index >= 15 is 0 Å². The van der Waals surface area contributed by atoms with E-state index in [1.54, 1.807) is 0 Å². The van der Waals surface area contributed by atoms with Crippen LogP contribution in [-0.4, -0.2) is 54.5 Å². The minimum absolute atomic E-state index is 0.0933. The number of H-pyrrole nitrogens is 1. The molecule has 3 N–H and O–H groups in total. The van der Waals surface area contributed by atoms with Crippen LogP contribution < -0.4 is 5.56 Å². The first-order chi connectivity index (χ1) is 9.46. The highest BCUT2D eigenvalue weighted by atomic mass is 19.3. The van der Waals surface area contributed by atoms with Gasteiger partial charge in [0.15, 0.2) is 17.3 Å². The summed E-state index contributed by atoms with van der Waals surface area (Å²) in [6.07, 6.45) is -3.44. The van der Waals surface area contributed by atoms with Gasteiger partial charge in [0.2, 0.25) is 6.23 Å². The van der Waals surface area contributed by atoms with E-state index in [0.717, 1.165) is 17.2 Å². The van der Waals surface area contributed by atoms with E-state index in [1.165, 1.54) is 0 Å². The number of hydrogen-bond acceptors (Lipinski definition) is 6. The molecule has 8 nitrogen and oxygen atoms in total. The molecule has 1 saturated heterocycles. The number of aliphatic hydroxyl groups is 2. The van der Waals surface area contributed by atoms with Gasteiger partial charge < -0.3 is 19.9 Å². The Morgan fingerprint density at radius 3 is 2.90 bits per heavy atom. The number of fused-ring (bicyclic) bond motifs is 1. The average Bonchev–Trinajstić information content (AvgIpc) is 2.92. The van der Waals surface area contributed by atoms with E-state index in [2.05, 4.69) is 15.0 Å². The molecule has 10 heteroatoms. The lowest BCUT2D eigenvalue weighted by molar-refractivity contribution is -0.138. The Labute approximate surface area is 109 Å². The molecule has 0 amide bonds. The molecule has 1 fully saturated rings. The van der Waals surface area contributed by atoms with Crippen molar-refractivity contribution < 1.29 is 23.7 Å². The molecule has 108 valence electrons. The van der Waals surface area contributed by atoms with Crippen LogP contribution in [0.5, 0.6) is 0 Å². The number of hydrogen-bond donors (Lipinski definition) is 3. The van der Waals surface area contributed by atoms with Crippen molar-refractivity contribution in [2.75, 3.05) is 6.61 Å². The van der Waals surface area contributed by atoms with Crippen molar-refractivity contribution in [2.24, 2.45) is 0 Å². The molecular formula is C10H10F2N4O4. The first kappa shape index (κ1) is 13.1. The predicted octanol–water partition coefficient (Wildman–Crippen LogP) is -0.995. The maximum Gasteiger partial charge on any atom is 0.320 e. The Morgan fingerprint density at radius 1 is 1.50 bits per heavy atom. The summed E-state index contributed by atoms with van der Waals surface area (Å²) in [5.74, 6) is -3.65. The molecule has 20 heavy (non-hydrogen) atoms. The molecule has 3 atom stereocenters. The molecular weight excluding hydrogens is 278 g/mol. The van der Waals surface area contributed by atoms with E-state index in [0.29, 0.717) is 0 Å². The van der Waals surface area contributed by atoms with Crippen LogP contribution in [0.3, 0.4) is 0 Å². The number of imidazole rings is 1. The number of rotatable bonds is 2. The van der Waals surface area contributed by atoms with Gasteiger partial charge in [-0.25, -0.2) is 9.97 Å². The molecule has 0 radical (unpaired) electrons. The van der Waals surface area contributed by atoms with Gasteiger partial charge >= 0.3 is 5.92 Å². The van der Waals surface area contributed by atoms with Crippen LogP contribution in [0.25, 0.3) is 11.2 Å². The number of nitrogens with one attached hydrogen (secondary N) is 1. The third-order valence-electron chi connectivity index (χ3n) is 3.18. The van der Waals surface area contributed by atoms with Gasteiger partial charge in [-0.1, -0.05) is 0 Å². The van der Waals surface area contributed by atoms with Crippen molar-refractivity contribution in [3.05, 3.63) is 23.0 Å². The molecule has 3 heterocycles. The number of nitrogens with zero attached hydrogens (tertiary/aromatic N) is 3. The second-order valence-corrected chi connectivity index (χ2v) is 4.38. The lowest BCUT2D eigenvalue weighted by Crippen LogP contribution is -2.39. The summed E-state index contributed by atoms with van der Waals surface area (Å²) in [6, 6.07) is 0. The van der Waals surface area contributed by atoms with E-state index in [1.807, 2.05) is 0 Å². The maximum absolute atomic E-state index is 14.0. The van der Waals surface area contributed by atoms with Crippen LogP contribution in [0.1, 0.15) is 6.23 Å². The monoisotopic (exact) mass is 288 g/mol. The fourth-order valence-corrected chi connectivity index (χ4v) is 2.15. The van der Waals surface area contributed by atoms with Crippen LogP contribution >= 0.6 is 0 Å². The fourth-order valence-electron chi connectivity index (χ4n) is 2.15. The Morgan fingerprint density at radius 2 is 2.25 bits per heavy atom. The Bertz CT molecular complexity index is 700. The second kappa shape index (κ2) is 4.30. The smallest absolute Gasteiger partial charge is 0.320 e. The molecule has 2 aromatic heterocycles. The van der Waals surface area contributed by atoms with Gasteiger partial charge in [0, 0.05) is 0 Å². The van der Waals surface area contributed by atoms with Crippen molar-refractivity contribution in [1.82, 2.24) is 19.5 Å². The van der Waals surface area contributed by atoms with Crippen LogP contribution in [0.15, 0.2) is 17.4 Å². The molecule has 1 aliphatic heterocycles. The largest absolute Gasteiger partial charge is 0.394 e. The van der Waals surface area contributed by atoms with Gasteiger partial charge in [0.25, 0.3) is 5.56 Å². The molecule has 1 aliphatic rings. The molecule has 0 aliphatic carbocycles. The zero-order chi connectivity index (χ0) is 14.5. The summed E-state index contributed by atoms with van der Waals surface area (Å²) in [7, 11) is 0. The summed E-state index contributed by atoms with van der Waals surface area (Å²) in [5.41, 5.74) is -0.785. The highest BCUT2D eigenvalue weighted by Crippen LogP contribution is 2.43. The number of ether oxygens (including phenoxy) is 1. The van der Waals surface area contributed by atoms with E-state index in [-0.39, 0.29) is 11.2 Å². The molecule has 0 bridgehead atoms. The topological polar surface area (TPSA) is 113 Å². The van der Waals surface area contributed by atoms with Gasteiger partial charge in [0.1, 0.15) is 6.10 Å². The van der Waals surface area contributed by atoms with Gasteiger partial charge in [-0.2, -0.15) is 8.78 Å². The number of halogens is 2. The lowest BCUT2D eigenvalue weighted by atomic mass is 10.1. The number of alkyl halides is 2. The number of aromatic nitrogens is 4. The van der Waals surface area contributed by atoms with Gasteiger partial charge in [-0.15, -0.1) is 0 Å². The van der Waals surface area contributed by atoms with Crippen molar-refractivity contribution in [2.45, 2.75) is 24.4 Å². The lowest BCUT2D eigenvalue weighted by Gasteiger charge is -2.20. The minimum Gasteiger partial charge on any atom is -0.394 e. The number of aliphatic hydroxyl groups excluding tert-OH is 2. The maximum atomic E-state index is 14.0. The van der Waals surface area contributed by atoms with Gasteiger partial charge in [-0.3, -0.25) is 9.36 Å². The zero-order valence-corrected chi connectivity index (χ0v) is 9.90.